The Labute approximate surface area is 97.7 Å². The topological polar surface area (TPSA) is 102 Å². The number of rotatable bonds is 4. The third-order valence-electron chi connectivity index (χ3n) is 2.53. The van der Waals surface area contributed by atoms with Crippen molar-refractivity contribution < 1.29 is 14.7 Å². The third-order valence-corrected chi connectivity index (χ3v) is 2.53. The van der Waals surface area contributed by atoms with Gasteiger partial charge in [-0.15, -0.1) is 0 Å². The first kappa shape index (κ1) is 13.0. The van der Waals surface area contributed by atoms with Crippen LogP contribution in [0.15, 0.2) is 17.1 Å². The highest BCUT2D eigenvalue weighted by molar-refractivity contribution is 5.87. The van der Waals surface area contributed by atoms with Gasteiger partial charge in [0.1, 0.15) is 5.56 Å². The number of pyridine rings is 1. The molecule has 1 aromatic heterocycles. The van der Waals surface area contributed by atoms with Gasteiger partial charge in [-0.1, -0.05) is 6.92 Å². The predicted molar refractivity (Wildman–Crippen MR) is 60.8 cm³/mol. The van der Waals surface area contributed by atoms with Crippen molar-refractivity contribution in [3.63, 3.8) is 0 Å². The highest BCUT2D eigenvalue weighted by Gasteiger charge is 2.14. The fraction of sp³-hybridized carbons (Fsp3) is 0.364. The van der Waals surface area contributed by atoms with Gasteiger partial charge in [-0.2, -0.15) is 0 Å². The van der Waals surface area contributed by atoms with Crippen LogP contribution < -0.4 is 11.2 Å². The summed E-state index contributed by atoms with van der Waals surface area (Å²) >= 11 is 0. The van der Waals surface area contributed by atoms with Crippen LogP contribution in [0, 0.1) is 12.8 Å². The number of carboxylic acid groups (broad SMARTS) is 1. The largest absolute Gasteiger partial charge is 0.477 e. The molecule has 1 aromatic rings. The molecule has 1 heterocycles. The van der Waals surface area contributed by atoms with Gasteiger partial charge in [0.15, 0.2) is 5.43 Å². The minimum atomic E-state index is -1.28. The van der Waals surface area contributed by atoms with E-state index in [0.717, 1.165) is 0 Å². The van der Waals surface area contributed by atoms with Crippen LogP contribution in [0.25, 0.3) is 0 Å². The molecule has 1 amide bonds. The highest BCUT2D eigenvalue weighted by atomic mass is 16.4. The smallest absolute Gasteiger partial charge is 0.341 e. The normalized spacial score (nSPS) is 12.1. The van der Waals surface area contributed by atoms with Crippen LogP contribution in [0.4, 0.5) is 0 Å². The van der Waals surface area contributed by atoms with Crippen LogP contribution in [0.2, 0.25) is 0 Å². The molecule has 92 valence electrons. The van der Waals surface area contributed by atoms with E-state index in [9.17, 15) is 14.4 Å². The van der Waals surface area contributed by atoms with E-state index >= 15 is 0 Å². The van der Waals surface area contributed by atoms with E-state index in [-0.39, 0.29) is 12.1 Å². The third kappa shape index (κ3) is 2.93. The molecule has 0 spiro atoms. The van der Waals surface area contributed by atoms with Crippen molar-refractivity contribution in [3.8, 4) is 0 Å². The fourth-order valence-corrected chi connectivity index (χ4v) is 1.41. The molecule has 0 aromatic carbocycles. The molecule has 0 saturated heterocycles. The van der Waals surface area contributed by atoms with Gasteiger partial charge in [-0.25, -0.2) is 4.79 Å². The molecule has 1 atom stereocenters. The summed E-state index contributed by atoms with van der Waals surface area (Å²) in [6.07, 6.45) is 1.24. The summed E-state index contributed by atoms with van der Waals surface area (Å²) in [5.41, 5.74) is 4.87. The summed E-state index contributed by atoms with van der Waals surface area (Å²) in [4.78, 5) is 33.1. The second kappa shape index (κ2) is 4.82. The van der Waals surface area contributed by atoms with Gasteiger partial charge in [-0.3, -0.25) is 9.59 Å². The van der Waals surface area contributed by atoms with Gasteiger partial charge in [0.05, 0.1) is 5.92 Å². The fourth-order valence-electron chi connectivity index (χ4n) is 1.41. The Bertz CT molecular complexity index is 519. The molecule has 6 heteroatoms. The van der Waals surface area contributed by atoms with E-state index in [4.69, 9.17) is 10.8 Å². The lowest BCUT2D eigenvalue weighted by molar-refractivity contribution is -0.121. The number of aromatic nitrogens is 1. The van der Waals surface area contributed by atoms with Crippen molar-refractivity contribution in [2.75, 3.05) is 0 Å². The maximum absolute atomic E-state index is 11.4. The molecule has 0 aliphatic carbocycles. The molecule has 0 bridgehead atoms. The molecule has 3 N–H and O–H groups in total. The van der Waals surface area contributed by atoms with Crippen LogP contribution in [0.1, 0.15) is 23.0 Å². The molecule has 6 nitrogen and oxygen atoms in total. The first-order valence-corrected chi connectivity index (χ1v) is 5.06. The Balaban J connectivity index is 3.16. The van der Waals surface area contributed by atoms with E-state index in [1.54, 1.807) is 18.4 Å². The zero-order chi connectivity index (χ0) is 13.2. The summed E-state index contributed by atoms with van der Waals surface area (Å²) in [5, 5.41) is 8.82. The van der Waals surface area contributed by atoms with Crippen molar-refractivity contribution in [2.45, 2.75) is 20.4 Å². The molecule has 0 fully saturated rings. The monoisotopic (exact) mass is 238 g/mol. The molecule has 0 aliphatic rings. The maximum Gasteiger partial charge on any atom is 0.341 e. The Kier molecular flexibility index (Phi) is 3.67. The first-order valence-electron chi connectivity index (χ1n) is 5.06. The van der Waals surface area contributed by atoms with Crippen molar-refractivity contribution >= 4 is 11.9 Å². The predicted octanol–water partition coefficient (Wildman–Crippen LogP) is -0.0237. The number of carbonyl (C=O) groups excluding carboxylic acids is 1. The van der Waals surface area contributed by atoms with E-state index in [2.05, 4.69) is 0 Å². The average Bonchev–Trinajstić information content (AvgIpc) is 2.21. The number of nitrogens with zero attached hydrogens (tertiary/aromatic N) is 1. The number of carbonyl (C=O) groups is 2. The van der Waals surface area contributed by atoms with Gasteiger partial charge in [0.25, 0.3) is 0 Å². The van der Waals surface area contributed by atoms with Gasteiger partial charge in [0.2, 0.25) is 5.91 Å². The highest BCUT2D eigenvalue weighted by Crippen LogP contribution is 2.05. The second-order valence-electron chi connectivity index (χ2n) is 3.95. The minimum absolute atomic E-state index is 0.252. The molecule has 17 heavy (non-hydrogen) atoms. The summed E-state index contributed by atoms with van der Waals surface area (Å²) < 4.78 is 1.54. The maximum atomic E-state index is 11.4. The summed E-state index contributed by atoms with van der Waals surface area (Å²) in [6, 6.07) is 1.23. The van der Waals surface area contributed by atoms with Crippen molar-refractivity contribution in [3.05, 3.63) is 33.7 Å². The molecular weight excluding hydrogens is 224 g/mol. The Morgan fingerprint density at radius 2 is 2.12 bits per heavy atom. The zero-order valence-electron chi connectivity index (χ0n) is 9.64. The molecule has 1 unspecified atom stereocenters. The van der Waals surface area contributed by atoms with Crippen LogP contribution in [0.3, 0.4) is 0 Å². The number of hydrogen-bond acceptors (Lipinski definition) is 3. The lowest BCUT2D eigenvalue weighted by atomic mass is 10.1. The second-order valence-corrected chi connectivity index (χ2v) is 3.95. The van der Waals surface area contributed by atoms with Crippen molar-refractivity contribution in [1.82, 2.24) is 4.57 Å². The van der Waals surface area contributed by atoms with Crippen LogP contribution >= 0.6 is 0 Å². The number of aryl methyl sites for hydroxylation is 1. The van der Waals surface area contributed by atoms with E-state index in [0.29, 0.717) is 5.69 Å². The van der Waals surface area contributed by atoms with Crippen LogP contribution in [0.5, 0.6) is 0 Å². The molecular formula is C11H14N2O4. The Morgan fingerprint density at radius 3 is 2.59 bits per heavy atom. The van der Waals surface area contributed by atoms with Gasteiger partial charge >= 0.3 is 5.97 Å². The van der Waals surface area contributed by atoms with Gasteiger partial charge in [-0.05, 0) is 6.92 Å². The quantitative estimate of drug-likeness (QED) is 0.769. The molecule has 0 saturated carbocycles. The minimum Gasteiger partial charge on any atom is -0.477 e. The number of aromatic carboxylic acids is 1. The van der Waals surface area contributed by atoms with E-state index in [1.807, 2.05) is 0 Å². The van der Waals surface area contributed by atoms with Crippen LogP contribution in [-0.4, -0.2) is 21.6 Å². The SMILES string of the molecule is Cc1cc(=O)c(C(=O)O)cn1CC(C)C(N)=O. The number of amides is 1. The van der Waals surface area contributed by atoms with E-state index in [1.165, 1.54) is 12.3 Å². The number of nitrogens with two attached hydrogens (primary N) is 1. The van der Waals surface area contributed by atoms with Gasteiger partial charge in [0, 0.05) is 24.5 Å². The Morgan fingerprint density at radius 1 is 1.53 bits per heavy atom. The van der Waals surface area contributed by atoms with Crippen molar-refractivity contribution in [1.29, 1.82) is 0 Å². The van der Waals surface area contributed by atoms with Crippen molar-refractivity contribution in [2.24, 2.45) is 11.7 Å². The summed E-state index contributed by atoms with van der Waals surface area (Å²) in [6.45, 7) is 3.56. The lowest BCUT2D eigenvalue weighted by Crippen LogP contribution is -2.27. The molecule has 0 aliphatic heterocycles. The number of carboxylic acids is 1. The Hall–Kier alpha value is -2.11. The first-order chi connectivity index (χ1) is 7.82. The van der Waals surface area contributed by atoms with Gasteiger partial charge < -0.3 is 15.4 Å². The summed E-state index contributed by atoms with van der Waals surface area (Å²) in [5.74, 6) is -2.19. The summed E-state index contributed by atoms with van der Waals surface area (Å²) in [7, 11) is 0. The van der Waals surface area contributed by atoms with Crippen LogP contribution in [-0.2, 0) is 11.3 Å². The average molecular weight is 238 g/mol. The molecule has 0 radical (unpaired) electrons. The molecule has 1 rings (SSSR count). The number of primary amides is 1. The lowest BCUT2D eigenvalue weighted by Gasteiger charge is -2.14. The standard InChI is InChI=1S/C11H14N2O4/c1-6(10(12)15)4-13-5-8(11(16)17)9(14)3-7(13)2/h3,5-6H,4H2,1-2H3,(H2,12,15)(H,16,17). The number of hydrogen-bond donors (Lipinski definition) is 2. The van der Waals surface area contributed by atoms with E-state index < -0.39 is 23.2 Å². The zero-order valence-corrected chi connectivity index (χ0v) is 9.64.